The van der Waals surface area contributed by atoms with E-state index in [1.165, 1.54) is 38.5 Å². The number of carbonyl (C=O) groups excluding carboxylic acids is 1. The van der Waals surface area contributed by atoms with Crippen molar-refractivity contribution in [3.05, 3.63) is 0 Å². The summed E-state index contributed by atoms with van der Waals surface area (Å²) >= 11 is 0. The van der Waals surface area contributed by atoms with Crippen LogP contribution in [0.2, 0.25) is 0 Å². The first kappa shape index (κ1) is 23.7. The standard InChI is InChI=1S/C19H38N4O3S/c1-3-5-6-7-8-9-10-13-21-19(20-4-2)22-14-11-18(24)23-17-12-15-27(25,26)16-17/h17H,3-16H2,1-2H3,(H,23,24)(H2,20,21,22). The van der Waals surface area contributed by atoms with Gasteiger partial charge in [-0.2, -0.15) is 0 Å². The lowest BCUT2D eigenvalue weighted by molar-refractivity contribution is -0.121. The maximum Gasteiger partial charge on any atom is 0.222 e. The molecule has 1 unspecified atom stereocenters. The van der Waals surface area contributed by atoms with Crippen molar-refractivity contribution in [3.8, 4) is 0 Å². The van der Waals surface area contributed by atoms with Crippen molar-refractivity contribution >= 4 is 21.7 Å². The van der Waals surface area contributed by atoms with Crippen molar-refractivity contribution in [1.82, 2.24) is 16.0 Å². The first-order chi connectivity index (χ1) is 13.0. The Hall–Kier alpha value is -1.31. The van der Waals surface area contributed by atoms with Gasteiger partial charge in [-0.3, -0.25) is 9.79 Å². The van der Waals surface area contributed by atoms with Crippen LogP contribution < -0.4 is 16.0 Å². The third kappa shape index (κ3) is 11.9. The summed E-state index contributed by atoms with van der Waals surface area (Å²) in [6, 6.07) is -0.235. The Labute approximate surface area is 165 Å². The Kier molecular flexibility index (Phi) is 12.1. The van der Waals surface area contributed by atoms with E-state index in [9.17, 15) is 13.2 Å². The second kappa shape index (κ2) is 13.8. The van der Waals surface area contributed by atoms with E-state index in [1.54, 1.807) is 0 Å². The van der Waals surface area contributed by atoms with E-state index in [2.05, 4.69) is 27.9 Å². The predicted octanol–water partition coefficient (Wildman–Crippen LogP) is 1.99. The van der Waals surface area contributed by atoms with Crippen molar-refractivity contribution in [3.63, 3.8) is 0 Å². The lowest BCUT2D eigenvalue weighted by Crippen LogP contribution is -2.41. The summed E-state index contributed by atoms with van der Waals surface area (Å²) in [7, 11) is -2.96. The van der Waals surface area contributed by atoms with E-state index < -0.39 is 9.84 Å². The van der Waals surface area contributed by atoms with Gasteiger partial charge in [-0.25, -0.2) is 8.42 Å². The molecule has 1 saturated heterocycles. The quantitative estimate of drug-likeness (QED) is 0.248. The summed E-state index contributed by atoms with van der Waals surface area (Å²) < 4.78 is 22.8. The minimum Gasteiger partial charge on any atom is -0.357 e. The van der Waals surface area contributed by atoms with E-state index in [1.807, 2.05) is 6.92 Å². The average Bonchev–Trinajstić information content (AvgIpc) is 2.95. The molecule has 27 heavy (non-hydrogen) atoms. The van der Waals surface area contributed by atoms with Crippen molar-refractivity contribution in [2.24, 2.45) is 4.99 Å². The summed E-state index contributed by atoms with van der Waals surface area (Å²) in [4.78, 5) is 16.5. The number of sulfone groups is 1. The zero-order valence-electron chi connectivity index (χ0n) is 17.1. The molecule has 0 aromatic carbocycles. The van der Waals surface area contributed by atoms with Gasteiger partial charge in [0.2, 0.25) is 5.91 Å². The summed E-state index contributed by atoms with van der Waals surface area (Å²) in [5.41, 5.74) is 0. The Balaban J connectivity index is 2.16. The first-order valence-electron chi connectivity index (χ1n) is 10.5. The maximum atomic E-state index is 12.0. The van der Waals surface area contributed by atoms with Gasteiger partial charge in [0.25, 0.3) is 0 Å². The fourth-order valence-corrected chi connectivity index (χ4v) is 4.78. The fraction of sp³-hybridized carbons (Fsp3) is 0.895. The van der Waals surface area contributed by atoms with Crippen LogP contribution in [0.15, 0.2) is 4.99 Å². The van der Waals surface area contributed by atoms with Crippen molar-refractivity contribution < 1.29 is 13.2 Å². The monoisotopic (exact) mass is 402 g/mol. The molecule has 1 amide bonds. The molecular formula is C19H38N4O3S. The van der Waals surface area contributed by atoms with Crippen LogP contribution in [0.4, 0.5) is 0 Å². The Morgan fingerprint density at radius 2 is 1.74 bits per heavy atom. The zero-order chi connectivity index (χ0) is 20.0. The van der Waals surface area contributed by atoms with Gasteiger partial charge in [0.15, 0.2) is 15.8 Å². The van der Waals surface area contributed by atoms with Gasteiger partial charge in [-0.1, -0.05) is 45.4 Å². The average molecular weight is 403 g/mol. The second-order valence-electron chi connectivity index (χ2n) is 7.23. The molecule has 0 aromatic rings. The maximum absolute atomic E-state index is 12.0. The van der Waals surface area contributed by atoms with Crippen molar-refractivity contribution in [2.45, 2.75) is 77.7 Å². The lowest BCUT2D eigenvalue weighted by atomic mass is 10.1. The molecule has 1 heterocycles. The number of aliphatic imine (C=N–C) groups is 1. The summed E-state index contributed by atoms with van der Waals surface area (Å²) in [5.74, 6) is 0.855. The highest BCUT2D eigenvalue weighted by Crippen LogP contribution is 2.11. The van der Waals surface area contributed by atoms with Crippen LogP contribution in [0.25, 0.3) is 0 Å². The van der Waals surface area contributed by atoms with Gasteiger partial charge >= 0.3 is 0 Å². The lowest BCUT2D eigenvalue weighted by Gasteiger charge is -2.13. The summed E-state index contributed by atoms with van der Waals surface area (Å²) in [6.45, 7) is 6.28. The topological polar surface area (TPSA) is 99.7 Å². The number of carbonyl (C=O) groups is 1. The minimum absolute atomic E-state index is 0.0642. The van der Waals surface area contributed by atoms with Crippen LogP contribution in [0, 0.1) is 0 Å². The molecule has 0 radical (unpaired) electrons. The Morgan fingerprint density at radius 1 is 1.04 bits per heavy atom. The van der Waals surface area contributed by atoms with Gasteiger partial charge in [0, 0.05) is 32.1 Å². The number of nitrogens with zero attached hydrogens (tertiary/aromatic N) is 1. The highest BCUT2D eigenvalue weighted by Gasteiger charge is 2.28. The fourth-order valence-electron chi connectivity index (χ4n) is 3.10. The van der Waals surface area contributed by atoms with E-state index in [0.29, 0.717) is 19.4 Å². The normalized spacial score (nSPS) is 19.0. The highest BCUT2D eigenvalue weighted by molar-refractivity contribution is 7.91. The predicted molar refractivity (Wildman–Crippen MR) is 112 cm³/mol. The second-order valence-corrected chi connectivity index (χ2v) is 9.45. The van der Waals surface area contributed by atoms with Crippen molar-refractivity contribution in [1.29, 1.82) is 0 Å². The van der Waals surface area contributed by atoms with Crippen LogP contribution in [0.3, 0.4) is 0 Å². The number of hydrogen-bond donors (Lipinski definition) is 3. The number of amides is 1. The van der Waals surface area contributed by atoms with Gasteiger partial charge in [0.1, 0.15) is 0 Å². The molecule has 1 aliphatic rings. The molecule has 0 aliphatic carbocycles. The van der Waals surface area contributed by atoms with E-state index >= 15 is 0 Å². The largest absolute Gasteiger partial charge is 0.357 e. The van der Waals surface area contributed by atoms with Crippen LogP contribution in [-0.4, -0.2) is 57.5 Å². The molecule has 1 aliphatic heterocycles. The first-order valence-corrected chi connectivity index (χ1v) is 12.3. The number of hydrogen-bond acceptors (Lipinski definition) is 4. The molecule has 3 N–H and O–H groups in total. The molecular weight excluding hydrogens is 364 g/mol. The van der Waals surface area contributed by atoms with Crippen LogP contribution in [0.1, 0.15) is 71.6 Å². The third-order valence-corrected chi connectivity index (χ3v) is 6.39. The number of nitrogens with one attached hydrogen (secondary N) is 3. The minimum atomic E-state index is -2.96. The van der Waals surface area contributed by atoms with E-state index in [4.69, 9.17) is 0 Å². The molecule has 1 rings (SSSR count). The molecule has 0 aromatic heterocycles. The number of unbranched alkanes of at least 4 members (excludes halogenated alkanes) is 6. The van der Waals surface area contributed by atoms with Gasteiger partial charge in [-0.15, -0.1) is 0 Å². The smallest absolute Gasteiger partial charge is 0.222 e. The third-order valence-electron chi connectivity index (χ3n) is 4.62. The van der Waals surface area contributed by atoms with E-state index in [-0.39, 0.29) is 23.5 Å². The Bertz CT molecular complexity index is 549. The SMILES string of the molecule is CCCCCCCCCN=C(NCC)NCCC(=O)NC1CCS(=O)(=O)C1. The van der Waals surface area contributed by atoms with Gasteiger partial charge in [0.05, 0.1) is 11.5 Å². The molecule has 8 heteroatoms. The molecule has 1 fully saturated rings. The summed E-state index contributed by atoms with van der Waals surface area (Å²) in [5, 5.41) is 9.16. The zero-order valence-corrected chi connectivity index (χ0v) is 17.9. The molecule has 0 bridgehead atoms. The highest BCUT2D eigenvalue weighted by atomic mass is 32.2. The number of rotatable bonds is 13. The summed E-state index contributed by atoms with van der Waals surface area (Å²) in [6.07, 6.45) is 9.64. The van der Waals surface area contributed by atoms with Crippen LogP contribution in [0.5, 0.6) is 0 Å². The molecule has 0 saturated carbocycles. The number of guanidine groups is 1. The van der Waals surface area contributed by atoms with E-state index in [0.717, 1.165) is 25.5 Å². The molecule has 0 spiro atoms. The van der Waals surface area contributed by atoms with Gasteiger partial charge in [-0.05, 0) is 19.8 Å². The molecule has 158 valence electrons. The van der Waals surface area contributed by atoms with Crippen molar-refractivity contribution in [2.75, 3.05) is 31.1 Å². The Morgan fingerprint density at radius 3 is 2.37 bits per heavy atom. The molecule has 1 atom stereocenters. The molecule has 7 nitrogen and oxygen atoms in total. The van der Waals surface area contributed by atoms with Gasteiger partial charge < -0.3 is 16.0 Å². The van der Waals surface area contributed by atoms with Crippen LogP contribution in [-0.2, 0) is 14.6 Å². The van der Waals surface area contributed by atoms with Crippen LogP contribution >= 0.6 is 0 Å².